The van der Waals surface area contributed by atoms with E-state index in [-0.39, 0.29) is 0 Å². The summed E-state index contributed by atoms with van der Waals surface area (Å²) in [4.78, 5) is 0. The summed E-state index contributed by atoms with van der Waals surface area (Å²) in [7, 11) is 1.70. The second kappa shape index (κ2) is 8.04. The van der Waals surface area contributed by atoms with E-state index >= 15 is 0 Å². The van der Waals surface area contributed by atoms with E-state index in [0.717, 1.165) is 34.6 Å². The van der Waals surface area contributed by atoms with Crippen molar-refractivity contribution in [2.24, 2.45) is 0 Å². The monoisotopic (exact) mass is 335 g/mol. The van der Waals surface area contributed by atoms with Gasteiger partial charge in [0.2, 0.25) is 0 Å². The minimum atomic E-state index is 0.704. The Hall–Kier alpha value is -1.36. The number of rotatable bonds is 7. The van der Waals surface area contributed by atoms with Crippen LogP contribution in [0.2, 0.25) is 0 Å². The van der Waals surface area contributed by atoms with E-state index in [1.165, 1.54) is 0 Å². The maximum Gasteiger partial charge on any atom is 0.131 e. The number of hydrogen-bond acceptors (Lipinski definition) is 3. The van der Waals surface area contributed by atoms with Crippen LogP contribution in [0.15, 0.2) is 53.0 Å². The van der Waals surface area contributed by atoms with Crippen LogP contribution >= 0.6 is 15.9 Å². The van der Waals surface area contributed by atoms with Gasteiger partial charge in [-0.25, -0.2) is 0 Å². The minimum Gasteiger partial charge on any atom is -0.457 e. The zero-order valence-electron chi connectivity index (χ0n) is 11.4. The van der Waals surface area contributed by atoms with Gasteiger partial charge in [0.05, 0.1) is 6.61 Å². The maximum atomic E-state index is 5.93. The third kappa shape index (κ3) is 4.63. The molecule has 0 aliphatic heterocycles. The van der Waals surface area contributed by atoms with Gasteiger partial charge in [-0.05, 0) is 30.3 Å². The number of methoxy groups -OCH3 is 1. The molecule has 0 spiro atoms. The van der Waals surface area contributed by atoms with Crippen molar-refractivity contribution in [2.45, 2.75) is 6.54 Å². The normalized spacial score (nSPS) is 10.5. The van der Waals surface area contributed by atoms with Gasteiger partial charge in [0.25, 0.3) is 0 Å². The van der Waals surface area contributed by atoms with Crippen LogP contribution in [-0.2, 0) is 11.3 Å². The highest BCUT2D eigenvalue weighted by Crippen LogP contribution is 2.26. The second-order valence-electron chi connectivity index (χ2n) is 4.33. The molecule has 0 aliphatic rings. The van der Waals surface area contributed by atoms with Crippen molar-refractivity contribution < 1.29 is 9.47 Å². The van der Waals surface area contributed by atoms with Gasteiger partial charge in [-0.3, -0.25) is 0 Å². The van der Waals surface area contributed by atoms with Crippen molar-refractivity contribution in [3.8, 4) is 11.5 Å². The molecule has 0 fully saturated rings. The average molecular weight is 336 g/mol. The highest BCUT2D eigenvalue weighted by molar-refractivity contribution is 9.10. The number of hydrogen-bond donors (Lipinski definition) is 1. The van der Waals surface area contributed by atoms with E-state index in [1.807, 2.05) is 42.5 Å². The molecule has 0 aliphatic carbocycles. The lowest BCUT2D eigenvalue weighted by Crippen LogP contribution is -2.18. The van der Waals surface area contributed by atoms with Crippen LogP contribution in [0.4, 0.5) is 0 Å². The molecule has 2 rings (SSSR count). The quantitative estimate of drug-likeness (QED) is 0.776. The number of para-hydroxylation sites is 1. The first kappa shape index (κ1) is 15.0. The van der Waals surface area contributed by atoms with E-state index in [4.69, 9.17) is 9.47 Å². The first-order valence-electron chi connectivity index (χ1n) is 6.50. The maximum absolute atomic E-state index is 5.93. The Morgan fingerprint density at radius 3 is 2.55 bits per heavy atom. The van der Waals surface area contributed by atoms with Crippen molar-refractivity contribution in [1.82, 2.24) is 5.32 Å². The van der Waals surface area contributed by atoms with Gasteiger partial charge in [0.1, 0.15) is 11.5 Å². The standard InChI is InChI=1S/C16H18BrNO2/c1-19-11-10-18-12-13-4-2-3-5-16(13)20-15-8-6-14(17)7-9-15/h2-9,18H,10-12H2,1H3. The molecule has 0 atom stereocenters. The summed E-state index contributed by atoms with van der Waals surface area (Å²) in [6.45, 7) is 2.29. The van der Waals surface area contributed by atoms with Crippen molar-refractivity contribution in [3.63, 3.8) is 0 Å². The lowest BCUT2D eigenvalue weighted by molar-refractivity contribution is 0.199. The van der Waals surface area contributed by atoms with E-state index in [9.17, 15) is 0 Å². The van der Waals surface area contributed by atoms with Crippen LogP contribution in [-0.4, -0.2) is 20.3 Å². The molecule has 2 aromatic rings. The van der Waals surface area contributed by atoms with Crippen LogP contribution in [0.25, 0.3) is 0 Å². The fourth-order valence-electron chi connectivity index (χ4n) is 1.78. The Kier molecular flexibility index (Phi) is 6.05. The van der Waals surface area contributed by atoms with E-state index < -0.39 is 0 Å². The summed E-state index contributed by atoms with van der Waals surface area (Å²) < 4.78 is 12.0. The van der Waals surface area contributed by atoms with Crippen LogP contribution in [0.5, 0.6) is 11.5 Å². The van der Waals surface area contributed by atoms with Crippen molar-refractivity contribution in [2.75, 3.05) is 20.3 Å². The van der Waals surface area contributed by atoms with Crippen LogP contribution in [0.1, 0.15) is 5.56 Å². The van der Waals surface area contributed by atoms with Gasteiger partial charge >= 0.3 is 0 Å². The van der Waals surface area contributed by atoms with Crippen molar-refractivity contribution in [3.05, 3.63) is 58.6 Å². The molecule has 106 valence electrons. The van der Waals surface area contributed by atoms with Gasteiger partial charge in [-0.2, -0.15) is 0 Å². The van der Waals surface area contributed by atoms with Gasteiger partial charge < -0.3 is 14.8 Å². The smallest absolute Gasteiger partial charge is 0.131 e. The fraction of sp³-hybridized carbons (Fsp3) is 0.250. The molecular formula is C16H18BrNO2. The molecule has 0 heterocycles. The van der Waals surface area contributed by atoms with Gasteiger partial charge in [0, 0.05) is 30.2 Å². The molecule has 4 heteroatoms. The third-order valence-electron chi connectivity index (χ3n) is 2.81. The lowest BCUT2D eigenvalue weighted by atomic mass is 10.2. The molecule has 3 nitrogen and oxygen atoms in total. The Morgan fingerprint density at radius 2 is 1.80 bits per heavy atom. The highest BCUT2D eigenvalue weighted by atomic mass is 79.9. The van der Waals surface area contributed by atoms with Crippen molar-refractivity contribution in [1.29, 1.82) is 0 Å². The average Bonchev–Trinajstić information content (AvgIpc) is 2.47. The lowest BCUT2D eigenvalue weighted by Gasteiger charge is -2.12. The fourth-order valence-corrected chi connectivity index (χ4v) is 2.04. The Bertz CT molecular complexity index is 528. The van der Waals surface area contributed by atoms with E-state index in [2.05, 4.69) is 27.3 Å². The summed E-state index contributed by atoms with van der Waals surface area (Å²) in [5.74, 6) is 1.71. The molecule has 0 saturated heterocycles. The predicted octanol–water partition coefficient (Wildman–Crippen LogP) is 3.98. The summed E-state index contributed by atoms with van der Waals surface area (Å²) in [5, 5.41) is 3.33. The summed E-state index contributed by atoms with van der Waals surface area (Å²) in [5.41, 5.74) is 1.13. The molecule has 0 aromatic heterocycles. The SMILES string of the molecule is COCCNCc1ccccc1Oc1ccc(Br)cc1. The molecule has 0 radical (unpaired) electrons. The van der Waals surface area contributed by atoms with Crippen LogP contribution < -0.4 is 10.1 Å². The zero-order valence-corrected chi connectivity index (χ0v) is 13.0. The molecule has 20 heavy (non-hydrogen) atoms. The Labute approximate surface area is 128 Å². The molecule has 0 unspecified atom stereocenters. The van der Waals surface area contributed by atoms with Gasteiger partial charge in [-0.1, -0.05) is 34.1 Å². The van der Waals surface area contributed by atoms with Crippen LogP contribution in [0.3, 0.4) is 0 Å². The number of benzene rings is 2. The number of nitrogens with one attached hydrogen (secondary N) is 1. The molecule has 0 saturated carbocycles. The molecule has 1 N–H and O–H groups in total. The Morgan fingerprint density at radius 1 is 1.05 bits per heavy atom. The largest absolute Gasteiger partial charge is 0.457 e. The van der Waals surface area contributed by atoms with E-state index in [0.29, 0.717) is 6.61 Å². The summed E-state index contributed by atoms with van der Waals surface area (Å²) in [6, 6.07) is 15.9. The van der Waals surface area contributed by atoms with Crippen molar-refractivity contribution >= 4 is 15.9 Å². The first-order chi connectivity index (χ1) is 9.79. The zero-order chi connectivity index (χ0) is 14.2. The molecular weight excluding hydrogens is 318 g/mol. The Balaban J connectivity index is 2.01. The summed E-state index contributed by atoms with van der Waals surface area (Å²) >= 11 is 3.42. The van der Waals surface area contributed by atoms with Gasteiger partial charge in [0.15, 0.2) is 0 Å². The highest BCUT2D eigenvalue weighted by Gasteiger charge is 2.04. The molecule has 0 amide bonds. The van der Waals surface area contributed by atoms with E-state index in [1.54, 1.807) is 7.11 Å². The minimum absolute atomic E-state index is 0.704. The van der Waals surface area contributed by atoms with Crippen LogP contribution in [0, 0.1) is 0 Å². The first-order valence-corrected chi connectivity index (χ1v) is 7.30. The second-order valence-corrected chi connectivity index (χ2v) is 5.25. The number of halogens is 1. The van der Waals surface area contributed by atoms with Gasteiger partial charge in [-0.15, -0.1) is 0 Å². The number of ether oxygens (including phenoxy) is 2. The third-order valence-corrected chi connectivity index (χ3v) is 3.34. The summed E-state index contributed by atoms with van der Waals surface area (Å²) in [6.07, 6.45) is 0. The molecule has 2 aromatic carbocycles. The predicted molar refractivity (Wildman–Crippen MR) is 84.2 cm³/mol. The molecule has 0 bridgehead atoms. The topological polar surface area (TPSA) is 30.5 Å².